The van der Waals surface area contributed by atoms with E-state index in [4.69, 9.17) is 19.3 Å². The highest BCUT2D eigenvalue weighted by atomic mass is 31.2. The van der Waals surface area contributed by atoms with Crippen molar-refractivity contribution in [1.82, 2.24) is 0 Å². The highest BCUT2D eigenvalue weighted by Gasteiger charge is 2.22. The van der Waals surface area contributed by atoms with Crippen LogP contribution in [0.25, 0.3) is 0 Å². The lowest BCUT2D eigenvalue weighted by Gasteiger charge is -2.18. The molecular weight excluding hydrogens is 507 g/mol. The van der Waals surface area contributed by atoms with E-state index in [-0.39, 0.29) is 19.4 Å². The molecule has 2 N–H and O–H groups in total. The van der Waals surface area contributed by atoms with Gasteiger partial charge in [-0.25, -0.2) is 4.57 Å². The van der Waals surface area contributed by atoms with E-state index in [0.717, 1.165) is 50.4 Å². The molecule has 0 aromatic rings. The van der Waals surface area contributed by atoms with Crippen molar-refractivity contribution < 1.29 is 37.9 Å². The number of hydrogen-bond acceptors (Lipinski definition) is 6. The van der Waals surface area contributed by atoms with Crippen LogP contribution in [0.3, 0.4) is 0 Å². The zero-order valence-electron chi connectivity index (χ0n) is 24.7. The molecule has 0 radical (unpaired) electrons. The smallest absolute Gasteiger partial charge is 0.462 e. The largest absolute Gasteiger partial charge is 0.469 e. The second-order valence-electron chi connectivity index (χ2n) is 10.9. The minimum absolute atomic E-state index is 0.213. The molecule has 38 heavy (non-hydrogen) atoms. The van der Waals surface area contributed by atoms with Crippen LogP contribution in [0.1, 0.15) is 143 Å². The van der Waals surface area contributed by atoms with Crippen LogP contribution in [0.5, 0.6) is 0 Å². The standard InChI is InChI=1S/C29H57O8P/c1-5-25(3)19-15-11-7-9-13-17-21-28(30)35-23-27(24-36-38(32,33)34)37-29(31)22-18-14-10-8-12-16-20-26(4)6-2/h25-27H,5-24H2,1-4H3,(H2,32,33,34)/t25?,26?,27-/m1/s1. The van der Waals surface area contributed by atoms with E-state index < -0.39 is 32.5 Å². The average molecular weight is 565 g/mol. The molecule has 0 aliphatic rings. The Labute approximate surface area is 232 Å². The summed E-state index contributed by atoms with van der Waals surface area (Å²) in [5.41, 5.74) is 0. The van der Waals surface area contributed by atoms with E-state index in [1.165, 1.54) is 57.8 Å². The molecule has 0 spiro atoms. The van der Waals surface area contributed by atoms with E-state index in [2.05, 4.69) is 32.2 Å². The quantitative estimate of drug-likeness (QED) is 0.0618. The number of ether oxygens (including phenoxy) is 2. The Kier molecular flexibility index (Phi) is 23.3. The van der Waals surface area contributed by atoms with Gasteiger partial charge in [0.1, 0.15) is 6.61 Å². The predicted octanol–water partition coefficient (Wildman–Crippen LogP) is 7.88. The maximum Gasteiger partial charge on any atom is 0.469 e. The third kappa shape index (κ3) is 25.3. The van der Waals surface area contributed by atoms with Crippen molar-refractivity contribution in [2.45, 2.75) is 149 Å². The van der Waals surface area contributed by atoms with E-state index in [0.29, 0.717) is 6.42 Å². The molecule has 0 rings (SSSR count). The molecule has 0 saturated heterocycles. The van der Waals surface area contributed by atoms with Crippen molar-refractivity contribution in [1.29, 1.82) is 0 Å². The van der Waals surface area contributed by atoms with E-state index in [1.807, 2.05) is 0 Å². The number of rotatable bonds is 26. The van der Waals surface area contributed by atoms with Crippen LogP contribution in [0.2, 0.25) is 0 Å². The third-order valence-electron chi connectivity index (χ3n) is 7.21. The molecule has 2 unspecified atom stereocenters. The van der Waals surface area contributed by atoms with Crippen LogP contribution in [0.4, 0.5) is 0 Å². The number of hydrogen-bond donors (Lipinski definition) is 2. The SMILES string of the molecule is CCC(C)CCCCCCCCC(=O)OC[C@H](COP(=O)(O)O)OC(=O)CCCCCCCCC(C)CC. The molecule has 0 aliphatic carbocycles. The number of unbranched alkanes of at least 4 members (excludes halogenated alkanes) is 10. The molecule has 0 amide bonds. The number of carbonyl (C=O) groups is 2. The molecule has 0 bridgehead atoms. The van der Waals surface area contributed by atoms with Crippen molar-refractivity contribution in [3.63, 3.8) is 0 Å². The van der Waals surface area contributed by atoms with Crippen LogP contribution in [-0.4, -0.2) is 41.0 Å². The molecule has 0 aromatic heterocycles. The summed E-state index contributed by atoms with van der Waals surface area (Å²) in [6.07, 6.45) is 17.1. The van der Waals surface area contributed by atoms with Crippen LogP contribution in [-0.2, 0) is 28.2 Å². The van der Waals surface area contributed by atoms with Gasteiger partial charge in [0.2, 0.25) is 0 Å². The first kappa shape index (κ1) is 37.0. The highest BCUT2D eigenvalue weighted by molar-refractivity contribution is 7.46. The Balaban J connectivity index is 4.11. The normalized spacial score (nSPS) is 14.2. The molecule has 226 valence electrons. The Morgan fingerprint density at radius 2 is 1.08 bits per heavy atom. The fourth-order valence-corrected chi connectivity index (χ4v) is 4.51. The summed E-state index contributed by atoms with van der Waals surface area (Å²) >= 11 is 0. The minimum atomic E-state index is -4.73. The molecule has 0 aliphatic heterocycles. The van der Waals surface area contributed by atoms with Gasteiger partial charge in [-0.2, -0.15) is 0 Å². The van der Waals surface area contributed by atoms with Crippen molar-refractivity contribution in [3.05, 3.63) is 0 Å². The number of phosphoric ester groups is 1. The molecule has 0 saturated carbocycles. The van der Waals surface area contributed by atoms with E-state index >= 15 is 0 Å². The first-order valence-corrected chi connectivity index (χ1v) is 16.7. The van der Waals surface area contributed by atoms with E-state index in [1.54, 1.807) is 0 Å². The fraction of sp³-hybridized carbons (Fsp3) is 0.931. The highest BCUT2D eigenvalue weighted by Crippen LogP contribution is 2.36. The van der Waals surface area contributed by atoms with Crippen molar-refractivity contribution in [2.24, 2.45) is 11.8 Å². The summed E-state index contributed by atoms with van der Waals surface area (Å²) in [4.78, 5) is 42.3. The lowest BCUT2D eigenvalue weighted by Crippen LogP contribution is -2.29. The molecule has 3 atom stereocenters. The maximum atomic E-state index is 12.2. The monoisotopic (exact) mass is 564 g/mol. The Hall–Kier alpha value is -0.950. The summed E-state index contributed by atoms with van der Waals surface area (Å²) < 4.78 is 26.1. The molecule has 0 fully saturated rings. The molecule has 9 heteroatoms. The first-order valence-electron chi connectivity index (χ1n) is 15.1. The van der Waals surface area contributed by atoms with E-state index in [9.17, 15) is 14.2 Å². The average Bonchev–Trinajstić information content (AvgIpc) is 2.87. The number of carbonyl (C=O) groups excluding carboxylic acids is 2. The number of phosphoric acid groups is 1. The summed E-state index contributed by atoms with van der Waals surface area (Å²) in [5, 5.41) is 0. The van der Waals surface area contributed by atoms with Gasteiger partial charge >= 0.3 is 19.8 Å². The van der Waals surface area contributed by atoms with Gasteiger partial charge in [-0.3, -0.25) is 14.1 Å². The summed E-state index contributed by atoms with van der Waals surface area (Å²) in [5.74, 6) is 0.683. The maximum absolute atomic E-state index is 12.2. The van der Waals surface area contributed by atoms with Gasteiger partial charge in [0.05, 0.1) is 6.61 Å². The van der Waals surface area contributed by atoms with Gasteiger partial charge < -0.3 is 19.3 Å². The lowest BCUT2D eigenvalue weighted by molar-refractivity contribution is -0.161. The van der Waals surface area contributed by atoms with Crippen molar-refractivity contribution in [2.75, 3.05) is 13.2 Å². The summed E-state index contributed by atoms with van der Waals surface area (Å²) in [6.45, 7) is 8.19. The lowest BCUT2D eigenvalue weighted by atomic mass is 10.00. The predicted molar refractivity (Wildman–Crippen MR) is 152 cm³/mol. The second-order valence-corrected chi connectivity index (χ2v) is 12.2. The Bertz CT molecular complexity index is 636. The minimum Gasteiger partial charge on any atom is -0.462 e. The van der Waals surface area contributed by atoms with Crippen LogP contribution in [0, 0.1) is 11.8 Å². The van der Waals surface area contributed by atoms with Gasteiger partial charge in [-0.15, -0.1) is 0 Å². The van der Waals surface area contributed by atoms with Crippen LogP contribution < -0.4 is 0 Å². The summed E-state index contributed by atoms with van der Waals surface area (Å²) in [7, 11) is -4.73. The zero-order valence-corrected chi connectivity index (χ0v) is 25.6. The molecule has 0 heterocycles. The number of esters is 2. The molecule has 0 aromatic carbocycles. The Morgan fingerprint density at radius 3 is 1.53 bits per heavy atom. The fourth-order valence-electron chi connectivity index (χ4n) is 4.15. The molecular formula is C29H57O8P. The van der Waals surface area contributed by atoms with Crippen LogP contribution >= 0.6 is 7.82 Å². The Morgan fingerprint density at radius 1 is 0.658 bits per heavy atom. The van der Waals surface area contributed by atoms with Gasteiger partial charge in [0.25, 0.3) is 0 Å². The van der Waals surface area contributed by atoms with Gasteiger partial charge in [-0.1, -0.05) is 118 Å². The molecule has 8 nitrogen and oxygen atoms in total. The third-order valence-corrected chi connectivity index (χ3v) is 7.69. The second kappa shape index (κ2) is 23.9. The van der Waals surface area contributed by atoms with Crippen molar-refractivity contribution in [3.8, 4) is 0 Å². The van der Waals surface area contributed by atoms with Crippen LogP contribution in [0.15, 0.2) is 0 Å². The van der Waals surface area contributed by atoms with Gasteiger partial charge in [0.15, 0.2) is 6.10 Å². The topological polar surface area (TPSA) is 119 Å². The van der Waals surface area contributed by atoms with Crippen molar-refractivity contribution >= 4 is 19.8 Å². The zero-order chi connectivity index (χ0) is 28.7. The van der Waals surface area contributed by atoms with Gasteiger partial charge in [0, 0.05) is 12.8 Å². The van der Waals surface area contributed by atoms with Gasteiger partial charge in [-0.05, 0) is 24.7 Å². The summed E-state index contributed by atoms with van der Waals surface area (Å²) in [6, 6.07) is 0. The first-order chi connectivity index (χ1) is 18.1.